The Morgan fingerprint density at radius 2 is 2.12 bits per heavy atom. The van der Waals surface area contributed by atoms with Crippen molar-refractivity contribution in [3.05, 3.63) is 29.6 Å². The van der Waals surface area contributed by atoms with Gasteiger partial charge in [-0.15, -0.1) is 0 Å². The van der Waals surface area contributed by atoms with E-state index in [-0.39, 0.29) is 24.3 Å². The molecule has 1 N–H and O–H groups in total. The zero-order chi connectivity index (χ0) is 12.9. The molecule has 0 spiro atoms. The van der Waals surface area contributed by atoms with E-state index in [1.54, 1.807) is 0 Å². The van der Waals surface area contributed by atoms with Crippen LogP contribution in [0.5, 0.6) is 5.75 Å². The monoisotopic (exact) mass is 262 g/mol. The Hall–Kier alpha value is -1.47. The van der Waals surface area contributed by atoms with Crippen LogP contribution in [-0.4, -0.2) is 31.6 Å². The van der Waals surface area contributed by atoms with E-state index < -0.39 is 21.7 Å². The number of hydrogen-bond donors (Lipinski definition) is 1. The second kappa shape index (κ2) is 5.74. The highest BCUT2D eigenvalue weighted by molar-refractivity contribution is 7.85. The van der Waals surface area contributed by atoms with E-state index in [4.69, 9.17) is 9.29 Å². The van der Waals surface area contributed by atoms with E-state index in [9.17, 15) is 17.6 Å². The number of carbonyl (C=O) groups is 1. The van der Waals surface area contributed by atoms with E-state index in [1.165, 1.54) is 12.1 Å². The van der Waals surface area contributed by atoms with Crippen LogP contribution in [0.25, 0.3) is 0 Å². The minimum Gasteiger partial charge on any atom is -0.490 e. The maximum Gasteiger partial charge on any atom is 0.264 e. The predicted molar refractivity (Wildman–Crippen MR) is 58.3 cm³/mol. The number of rotatable bonds is 6. The third-order valence-corrected chi connectivity index (χ3v) is 2.70. The lowest BCUT2D eigenvalue weighted by Gasteiger charge is -2.06. The Morgan fingerprint density at radius 1 is 1.41 bits per heavy atom. The first-order valence-corrected chi connectivity index (χ1v) is 6.36. The Balaban J connectivity index is 2.50. The smallest absolute Gasteiger partial charge is 0.264 e. The van der Waals surface area contributed by atoms with Crippen molar-refractivity contribution in [3.8, 4) is 5.75 Å². The summed E-state index contributed by atoms with van der Waals surface area (Å²) >= 11 is 0. The van der Waals surface area contributed by atoms with Crippen molar-refractivity contribution in [2.24, 2.45) is 0 Å². The molecule has 1 aromatic carbocycles. The van der Waals surface area contributed by atoms with Crippen molar-refractivity contribution in [2.45, 2.75) is 6.42 Å². The van der Waals surface area contributed by atoms with Gasteiger partial charge in [0.1, 0.15) is 6.29 Å². The van der Waals surface area contributed by atoms with Gasteiger partial charge < -0.3 is 4.74 Å². The average molecular weight is 262 g/mol. The molecule has 1 rings (SSSR count). The summed E-state index contributed by atoms with van der Waals surface area (Å²) in [6.07, 6.45) is 0.554. The molecule has 0 unspecified atom stereocenters. The van der Waals surface area contributed by atoms with Gasteiger partial charge in [-0.2, -0.15) is 8.42 Å². The molecule has 0 aliphatic carbocycles. The van der Waals surface area contributed by atoms with Crippen molar-refractivity contribution in [3.63, 3.8) is 0 Å². The molecule has 7 heteroatoms. The quantitative estimate of drug-likeness (QED) is 0.474. The number of carbonyl (C=O) groups excluding carboxylic acids is 1. The van der Waals surface area contributed by atoms with E-state index in [1.807, 2.05) is 0 Å². The van der Waals surface area contributed by atoms with Gasteiger partial charge in [0.25, 0.3) is 10.1 Å². The first kappa shape index (κ1) is 13.6. The maximum atomic E-state index is 13.2. The molecule has 0 saturated heterocycles. The molecule has 0 amide bonds. The third-order valence-electron chi connectivity index (χ3n) is 1.90. The van der Waals surface area contributed by atoms with Gasteiger partial charge in [0.2, 0.25) is 0 Å². The molecule has 1 aromatic rings. The molecule has 0 bridgehead atoms. The molecule has 0 heterocycles. The normalized spacial score (nSPS) is 11.2. The summed E-state index contributed by atoms with van der Waals surface area (Å²) in [5.74, 6) is -1.20. The first-order valence-electron chi connectivity index (χ1n) is 4.75. The van der Waals surface area contributed by atoms with Crippen LogP contribution in [0.4, 0.5) is 4.39 Å². The minimum absolute atomic E-state index is 0.0445. The fourth-order valence-corrected chi connectivity index (χ4v) is 1.61. The van der Waals surface area contributed by atoms with Crippen molar-refractivity contribution in [1.29, 1.82) is 0 Å². The zero-order valence-corrected chi connectivity index (χ0v) is 9.61. The SMILES string of the molecule is O=Cc1ccc(OCCCS(=O)(=O)O)c(F)c1. The van der Waals surface area contributed by atoms with Gasteiger partial charge in [-0.3, -0.25) is 9.35 Å². The summed E-state index contributed by atoms with van der Waals surface area (Å²) in [5.41, 5.74) is 0.188. The minimum atomic E-state index is -4.02. The topological polar surface area (TPSA) is 80.7 Å². The number of halogens is 1. The molecular formula is C10H11FO5S. The lowest BCUT2D eigenvalue weighted by Crippen LogP contribution is -2.09. The maximum absolute atomic E-state index is 13.2. The van der Waals surface area contributed by atoms with Crippen LogP contribution >= 0.6 is 0 Å². The number of ether oxygens (including phenoxy) is 1. The highest BCUT2D eigenvalue weighted by atomic mass is 32.2. The molecule has 0 saturated carbocycles. The molecular weight excluding hydrogens is 251 g/mol. The van der Waals surface area contributed by atoms with Gasteiger partial charge >= 0.3 is 0 Å². The molecule has 0 atom stereocenters. The Bertz CT molecular complexity index is 497. The fourth-order valence-electron chi connectivity index (χ4n) is 1.13. The summed E-state index contributed by atoms with van der Waals surface area (Å²) in [6, 6.07) is 3.69. The highest BCUT2D eigenvalue weighted by Gasteiger charge is 2.07. The van der Waals surface area contributed by atoms with E-state index >= 15 is 0 Å². The Labute approximate surface area is 98.0 Å². The highest BCUT2D eigenvalue weighted by Crippen LogP contribution is 2.17. The second-order valence-electron chi connectivity index (χ2n) is 3.30. The molecule has 0 fully saturated rings. The first-order chi connectivity index (χ1) is 7.92. The van der Waals surface area contributed by atoms with Crippen LogP contribution in [0.2, 0.25) is 0 Å². The summed E-state index contributed by atoms with van der Waals surface area (Å²) in [6.45, 7) is -0.0445. The van der Waals surface area contributed by atoms with Crippen LogP contribution in [0, 0.1) is 5.82 Å². The molecule has 17 heavy (non-hydrogen) atoms. The molecule has 5 nitrogen and oxygen atoms in total. The van der Waals surface area contributed by atoms with Crippen LogP contribution in [0.3, 0.4) is 0 Å². The average Bonchev–Trinajstić information content (AvgIpc) is 2.24. The zero-order valence-electron chi connectivity index (χ0n) is 8.80. The summed E-state index contributed by atoms with van der Waals surface area (Å²) in [5, 5.41) is 0. The third kappa shape index (κ3) is 4.92. The van der Waals surface area contributed by atoms with E-state index in [0.717, 1.165) is 6.07 Å². The fraction of sp³-hybridized carbons (Fsp3) is 0.300. The van der Waals surface area contributed by atoms with Crippen molar-refractivity contribution >= 4 is 16.4 Å². The Kier molecular flexibility index (Phi) is 4.59. The van der Waals surface area contributed by atoms with Gasteiger partial charge in [-0.05, 0) is 24.6 Å². The van der Waals surface area contributed by atoms with E-state index in [2.05, 4.69) is 0 Å². The molecule has 0 aliphatic rings. The van der Waals surface area contributed by atoms with Crippen LogP contribution in [-0.2, 0) is 10.1 Å². The Morgan fingerprint density at radius 3 is 2.65 bits per heavy atom. The van der Waals surface area contributed by atoms with Gasteiger partial charge in [0.05, 0.1) is 12.4 Å². The summed E-state index contributed by atoms with van der Waals surface area (Å²) < 4.78 is 47.4. The van der Waals surface area contributed by atoms with Gasteiger partial charge in [0.15, 0.2) is 11.6 Å². The van der Waals surface area contributed by atoms with Gasteiger partial charge in [0, 0.05) is 5.56 Å². The largest absolute Gasteiger partial charge is 0.490 e. The van der Waals surface area contributed by atoms with Crippen molar-refractivity contribution < 1.29 is 26.9 Å². The summed E-state index contributed by atoms with van der Waals surface area (Å²) in [4.78, 5) is 10.3. The van der Waals surface area contributed by atoms with Crippen molar-refractivity contribution in [2.75, 3.05) is 12.4 Å². The van der Waals surface area contributed by atoms with Gasteiger partial charge in [-0.25, -0.2) is 4.39 Å². The van der Waals surface area contributed by atoms with E-state index in [0.29, 0.717) is 6.29 Å². The number of benzene rings is 1. The van der Waals surface area contributed by atoms with Crippen LogP contribution < -0.4 is 4.74 Å². The molecule has 0 radical (unpaired) electrons. The number of aldehydes is 1. The number of hydrogen-bond acceptors (Lipinski definition) is 4. The standard InChI is InChI=1S/C10H11FO5S/c11-9-6-8(7-12)2-3-10(9)16-4-1-5-17(13,14)15/h2-3,6-7H,1,4-5H2,(H,13,14,15). The summed E-state index contributed by atoms with van der Waals surface area (Å²) in [7, 11) is -4.02. The van der Waals surface area contributed by atoms with Gasteiger partial charge in [-0.1, -0.05) is 0 Å². The second-order valence-corrected chi connectivity index (χ2v) is 4.87. The molecule has 94 valence electrons. The predicted octanol–water partition coefficient (Wildman–Crippen LogP) is 1.29. The van der Waals surface area contributed by atoms with Crippen LogP contribution in [0.15, 0.2) is 18.2 Å². The van der Waals surface area contributed by atoms with Crippen LogP contribution in [0.1, 0.15) is 16.8 Å². The lowest BCUT2D eigenvalue weighted by atomic mass is 10.2. The van der Waals surface area contributed by atoms with Crippen molar-refractivity contribution in [1.82, 2.24) is 0 Å². The molecule has 0 aromatic heterocycles. The molecule has 0 aliphatic heterocycles. The lowest BCUT2D eigenvalue weighted by molar-refractivity contribution is 0.112.